The molecule has 6 nitrogen and oxygen atoms in total. The third-order valence-electron chi connectivity index (χ3n) is 4.56. The van der Waals surface area contributed by atoms with E-state index >= 15 is 0 Å². The highest BCUT2D eigenvalue weighted by Gasteiger charge is 2.29. The van der Waals surface area contributed by atoms with E-state index < -0.39 is 15.3 Å². The fourth-order valence-electron chi connectivity index (χ4n) is 3.21. The Hall–Kier alpha value is -1.44. The Labute approximate surface area is 144 Å². The van der Waals surface area contributed by atoms with Gasteiger partial charge in [-0.3, -0.25) is 9.69 Å². The van der Waals surface area contributed by atoms with Gasteiger partial charge in [-0.05, 0) is 43.4 Å². The molecule has 2 rings (SSSR count). The van der Waals surface area contributed by atoms with Crippen LogP contribution < -0.4 is 10.5 Å². The molecule has 1 heterocycles. The number of piperidine rings is 1. The Bertz CT molecular complexity index is 666. The van der Waals surface area contributed by atoms with Gasteiger partial charge in [0.05, 0.1) is 11.8 Å². The smallest absolute Gasteiger partial charge is 0.238 e. The van der Waals surface area contributed by atoms with E-state index in [0.717, 1.165) is 42.6 Å². The van der Waals surface area contributed by atoms with Gasteiger partial charge in [-0.1, -0.05) is 32.0 Å². The van der Waals surface area contributed by atoms with Crippen LogP contribution in [0.1, 0.15) is 37.8 Å². The van der Waals surface area contributed by atoms with Crippen molar-refractivity contribution in [3.63, 3.8) is 0 Å². The standard InChI is InChI=1S/C17H27N3O3S/c1-3-13-7-5-8-14(4-2)17(13)19-16(21)12-20-10-6-9-15(11-20)24(18,22)23/h5,7-8,15H,3-4,6,9-12H2,1-2H3,(H,19,21)(H2,18,22,23). The summed E-state index contributed by atoms with van der Waals surface area (Å²) < 4.78 is 23.1. The van der Waals surface area contributed by atoms with E-state index in [4.69, 9.17) is 5.14 Å². The maximum atomic E-state index is 12.4. The summed E-state index contributed by atoms with van der Waals surface area (Å²) in [6.07, 6.45) is 3.00. The summed E-state index contributed by atoms with van der Waals surface area (Å²) in [5.41, 5.74) is 3.13. The molecule has 0 aromatic heterocycles. The summed E-state index contributed by atoms with van der Waals surface area (Å²) >= 11 is 0. The monoisotopic (exact) mass is 353 g/mol. The van der Waals surface area contributed by atoms with Crippen LogP contribution in [0, 0.1) is 0 Å². The van der Waals surface area contributed by atoms with Crippen molar-refractivity contribution in [1.29, 1.82) is 0 Å². The molecular formula is C17H27N3O3S. The van der Waals surface area contributed by atoms with Crippen LogP contribution in [0.4, 0.5) is 5.69 Å². The number of carbonyl (C=O) groups excluding carboxylic acids is 1. The topological polar surface area (TPSA) is 92.5 Å². The van der Waals surface area contributed by atoms with E-state index in [2.05, 4.69) is 19.2 Å². The highest BCUT2D eigenvalue weighted by atomic mass is 32.2. The summed E-state index contributed by atoms with van der Waals surface area (Å²) in [6, 6.07) is 6.05. The molecule has 1 aromatic carbocycles. The molecule has 0 aliphatic carbocycles. The number of hydrogen-bond donors (Lipinski definition) is 2. The molecule has 1 aromatic rings. The highest BCUT2D eigenvalue weighted by Crippen LogP contribution is 2.23. The van der Waals surface area contributed by atoms with Crippen LogP contribution in [0.25, 0.3) is 0 Å². The molecule has 1 unspecified atom stereocenters. The molecule has 1 saturated heterocycles. The second kappa shape index (κ2) is 8.09. The number of anilines is 1. The molecule has 0 bridgehead atoms. The van der Waals surface area contributed by atoms with Gasteiger partial charge >= 0.3 is 0 Å². The highest BCUT2D eigenvalue weighted by molar-refractivity contribution is 7.89. The molecule has 134 valence electrons. The number of primary sulfonamides is 1. The molecule has 1 atom stereocenters. The molecule has 0 spiro atoms. The van der Waals surface area contributed by atoms with Crippen molar-refractivity contribution >= 4 is 21.6 Å². The zero-order chi connectivity index (χ0) is 17.7. The van der Waals surface area contributed by atoms with Crippen molar-refractivity contribution in [1.82, 2.24) is 4.90 Å². The molecule has 1 amide bonds. The third-order valence-corrected chi connectivity index (χ3v) is 5.87. The average Bonchev–Trinajstić information content (AvgIpc) is 2.54. The van der Waals surface area contributed by atoms with Gasteiger partial charge in [0.25, 0.3) is 0 Å². The maximum Gasteiger partial charge on any atom is 0.238 e. The minimum absolute atomic E-state index is 0.110. The normalized spacial score (nSPS) is 19.2. The Morgan fingerprint density at radius 1 is 1.29 bits per heavy atom. The Kier molecular flexibility index (Phi) is 6.37. The van der Waals surface area contributed by atoms with Crippen molar-refractivity contribution in [3.8, 4) is 0 Å². The van der Waals surface area contributed by atoms with E-state index in [1.165, 1.54) is 0 Å². The fraction of sp³-hybridized carbons (Fsp3) is 0.588. The number of para-hydroxylation sites is 1. The summed E-state index contributed by atoms with van der Waals surface area (Å²) in [7, 11) is -3.55. The first kappa shape index (κ1) is 18.9. The number of likely N-dealkylation sites (tertiary alicyclic amines) is 1. The van der Waals surface area contributed by atoms with Gasteiger partial charge in [-0.2, -0.15) is 0 Å². The molecule has 0 radical (unpaired) electrons. The number of amides is 1. The summed E-state index contributed by atoms with van der Waals surface area (Å²) in [6.45, 7) is 5.35. The maximum absolute atomic E-state index is 12.4. The zero-order valence-corrected chi connectivity index (χ0v) is 15.2. The van der Waals surface area contributed by atoms with Gasteiger partial charge in [0.1, 0.15) is 0 Å². The number of nitrogens with one attached hydrogen (secondary N) is 1. The Balaban J connectivity index is 2.04. The Morgan fingerprint density at radius 2 is 1.92 bits per heavy atom. The average molecular weight is 353 g/mol. The van der Waals surface area contributed by atoms with Crippen LogP contribution in [-0.4, -0.2) is 44.1 Å². The van der Waals surface area contributed by atoms with Crippen LogP contribution in [0.3, 0.4) is 0 Å². The second-order valence-corrected chi connectivity index (χ2v) is 8.14. The quantitative estimate of drug-likeness (QED) is 0.811. The lowest BCUT2D eigenvalue weighted by Gasteiger charge is -2.31. The van der Waals surface area contributed by atoms with Crippen molar-refractivity contribution in [2.75, 3.05) is 25.0 Å². The van der Waals surface area contributed by atoms with Crippen LogP contribution in [0.2, 0.25) is 0 Å². The van der Waals surface area contributed by atoms with Gasteiger partial charge < -0.3 is 5.32 Å². The SMILES string of the molecule is CCc1cccc(CC)c1NC(=O)CN1CCCC(S(N)(=O)=O)C1. The van der Waals surface area contributed by atoms with Crippen molar-refractivity contribution in [2.45, 2.75) is 44.8 Å². The summed E-state index contributed by atoms with van der Waals surface area (Å²) in [5, 5.41) is 7.69. The lowest BCUT2D eigenvalue weighted by molar-refractivity contribution is -0.117. The molecule has 1 aliphatic heterocycles. The predicted molar refractivity (Wildman–Crippen MR) is 96.4 cm³/mol. The number of carbonyl (C=O) groups is 1. The lowest BCUT2D eigenvalue weighted by atomic mass is 10.0. The molecule has 24 heavy (non-hydrogen) atoms. The van der Waals surface area contributed by atoms with Crippen molar-refractivity contribution in [2.24, 2.45) is 5.14 Å². The van der Waals surface area contributed by atoms with Gasteiger partial charge in [0.2, 0.25) is 15.9 Å². The number of hydrogen-bond acceptors (Lipinski definition) is 4. The minimum Gasteiger partial charge on any atom is -0.324 e. The van der Waals surface area contributed by atoms with E-state index in [1.807, 2.05) is 23.1 Å². The first-order valence-corrected chi connectivity index (χ1v) is 10.1. The number of sulfonamides is 1. The van der Waals surface area contributed by atoms with Crippen LogP contribution in [0.5, 0.6) is 0 Å². The summed E-state index contributed by atoms with van der Waals surface area (Å²) in [4.78, 5) is 14.3. The second-order valence-electron chi connectivity index (χ2n) is 6.29. The largest absolute Gasteiger partial charge is 0.324 e. The number of nitrogens with two attached hydrogens (primary N) is 1. The van der Waals surface area contributed by atoms with Crippen LogP contribution >= 0.6 is 0 Å². The van der Waals surface area contributed by atoms with Gasteiger partial charge in [0.15, 0.2) is 0 Å². The Morgan fingerprint density at radius 3 is 2.46 bits per heavy atom. The predicted octanol–water partition coefficient (Wildman–Crippen LogP) is 1.50. The molecular weight excluding hydrogens is 326 g/mol. The lowest BCUT2D eigenvalue weighted by Crippen LogP contribution is -2.47. The van der Waals surface area contributed by atoms with Gasteiger partial charge in [-0.15, -0.1) is 0 Å². The molecule has 1 aliphatic rings. The van der Waals surface area contributed by atoms with E-state index in [9.17, 15) is 13.2 Å². The molecule has 0 saturated carbocycles. The number of benzene rings is 1. The van der Waals surface area contributed by atoms with Gasteiger partial charge in [-0.25, -0.2) is 13.6 Å². The minimum atomic E-state index is -3.55. The molecule has 3 N–H and O–H groups in total. The zero-order valence-electron chi connectivity index (χ0n) is 14.4. The molecule has 7 heteroatoms. The van der Waals surface area contributed by atoms with Crippen molar-refractivity contribution < 1.29 is 13.2 Å². The summed E-state index contributed by atoms with van der Waals surface area (Å²) in [5.74, 6) is -0.110. The number of aryl methyl sites for hydroxylation is 2. The number of rotatable bonds is 6. The number of nitrogens with zero attached hydrogens (tertiary/aromatic N) is 1. The molecule has 1 fully saturated rings. The van der Waals surface area contributed by atoms with Gasteiger partial charge in [0, 0.05) is 12.2 Å². The van der Waals surface area contributed by atoms with Crippen LogP contribution in [-0.2, 0) is 27.7 Å². The van der Waals surface area contributed by atoms with E-state index in [1.54, 1.807) is 0 Å². The first-order valence-electron chi connectivity index (χ1n) is 8.49. The van der Waals surface area contributed by atoms with Crippen LogP contribution in [0.15, 0.2) is 18.2 Å². The van der Waals surface area contributed by atoms with Crippen molar-refractivity contribution in [3.05, 3.63) is 29.3 Å². The fourth-order valence-corrected chi connectivity index (χ4v) is 4.12. The third kappa shape index (κ3) is 4.78. The first-order chi connectivity index (χ1) is 11.3. The van der Waals surface area contributed by atoms with E-state index in [-0.39, 0.29) is 12.5 Å². The van der Waals surface area contributed by atoms with E-state index in [0.29, 0.717) is 13.0 Å².